The molecule has 148 valence electrons. The molecule has 7 heteroatoms. The van der Waals surface area contributed by atoms with E-state index in [1.807, 2.05) is 18.2 Å². The van der Waals surface area contributed by atoms with Gasteiger partial charge in [-0.1, -0.05) is 77.3 Å². The normalized spacial score (nSPS) is 15.8. The Morgan fingerprint density at radius 1 is 0.929 bits per heavy atom. The maximum Gasteiger partial charge on any atom is 0.238 e. The van der Waals surface area contributed by atoms with Crippen LogP contribution in [0.25, 0.3) is 6.08 Å². The van der Waals surface area contributed by atoms with Crippen LogP contribution in [0.4, 0.5) is 5.69 Å². The molecule has 4 nitrogen and oxygen atoms in total. The first-order valence-corrected chi connectivity index (χ1v) is 10.3. The number of nitrogens with zero attached hydrogens (tertiary/aromatic N) is 2. The molecule has 1 aliphatic heterocycles. The van der Waals surface area contributed by atoms with E-state index in [1.165, 1.54) is 11.6 Å². The summed E-state index contributed by atoms with van der Waals surface area (Å²) in [5, 5.41) is 3.90. The van der Waals surface area contributed by atoms with Gasteiger partial charge in [0.05, 0.1) is 27.3 Å². The molecule has 2 aromatic rings. The van der Waals surface area contributed by atoms with Gasteiger partial charge in [0.25, 0.3) is 0 Å². The number of rotatable bonds is 6. The van der Waals surface area contributed by atoms with E-state index in [-0.39, 0.29) is 5.91 Å². The number of nitrogens with one attached hydrogen (secondary N) is 1. The highest BCUT2D eigenvalue weighted by atomic mass is 35.5. The highest BCUT2D eigenvalue weighted by Gasteiger charge is 2.19. The molecule has 0 spiro atoms. The molecule has 0 aliphatic carbocycles. The fraction of sp³-hybridized carbons (Fsp3) is 0.286. The van der Waals surface area contributed by atoms with Crippen molar-refractivity contribution in [3.05, 3.63) is 69.2 Å². The Morgan fingerprint density at radius 3 is 2.29 bits per heavy atom. The first kappa shape index (κ1) is 21.2. The van der Waals surface area contributed by atoms with Gasteiger partial charge in [-0.05, 0) is 17.7 Å². The Labute approximate surface area is 180 Å². The predicted molar refractivity (Wildman–Crippen MR) is 118 cm³/mol. The third-order valence-electron chi connectivity index (χ3n) is 4.59. The summed E-state index contributed by atoms with van der Waals surface area (Å²) < 4.78 is 0. The molecule has 3 rings (SSSR count). The minimum Gasteiger partial charge on any atom is -0.324 e. The van der Waals surface area contributed by atoms with Crippen molar-refractivity contribution in [3.63, 3.8) is 0 Å². The molecule has 0 radical (unpaired) electrons. The maximum atomic E-state index is 12.3. The third kappa shape index (κ3) is 6.23. The molecule has 0 saturated carbocycles. The van der Waals surface area contributed by atoms with Gasteiger partial charge in [0.15, 0.2) is 0 Å². The quantitative estimate of drug-likeness (QED) is 0.651. The van der Waals surface area contributed by atoms with Crippen molar-refractivity contribution in [2.24, 2.45) is 0 Å². The smallest absolute Gasteiger partial charge is 0.238 e. The largest absolute Gasteiger partial charge is 0.324 e. The minimum atomic E-state index is -0.113. The molecule has 0 aromatic heterocycles. The molecule has 28 heavy (non-hydrogen) atoms. The number of piperazine rings is 1. The van der Waals surface area contributed by atoms with Gasteiger partial charge in [0.2, 0.25) is 5.91 Å². The van der Waals surface area contributed by atoms with Crippen LogP contribution in [0.1, 0.15) is 5.56 Å². The van der Waals surface area contributed by atoms with Crippen molar-refractivity contribution in [1.29, 1.82) is 0 Å². The second kappa shape index (κ2) is 10.3. The number of carbonyl (C=O) groups excluding carboxylic acids is 1. The standard InChI is InChI=1S/C21H22Cl3N3O/c22-17-13-19(24)20(14-18(17)23)25-21(28)15-27-11-9-26(10-12-27)8-4-7-16-5-2-1-3-6-16/h1-7,13-14H,8-12,15H2,(H,25,28). The Kier molecular flexibility index (Phi) is 7.77. The Hall–Kier alpha value is -1.56. The molecule has 2 aromatic carbocycles. The van der Waals surface area contributed by atoms with Gasteiger partial charge in [-0.25, -0.2) is 0 Å². The van der Waals surface area contributed by atoms with Gasteiger partial charge in [-0.2, -0.15) is 0 Å². The summed E-state index contributed by atoms with van der Waals surface area (Å²) >= 11 is 18.0. The van der Waals surface area contributed by atoms with Crippen molar-refractivity contribution in [1.82, 2.24) is 9.80 Å². The predicted octanol–water partition coefficient (Wildman–Crippen LogP) is 4.92. The fourth-order valence-electron chi connectivity index (χ4n) is 3.04. The summed E-state index contributed by atoms with van der Waals surface area (Å²) in [6.07, 6.45) is 4.32. The van der Waals surface area contributed by atoms with Gasteiger partial charge in [0, 0.05) is 32.7 Å². The number of benzene rings is 2. The fourth-order valence-corrected chi connectivity index (χ4v) is 3.64. The zero-order chi connectivity index (χ0) is 19.9. The van der Waals surface area contributed by atoms with Crippen molar-refractivity contribution in [2.45, 2.75) is 0 Å². The molecule has 1 amide bonds. The van der Waals surface area contributed by atoms with E-state index in [0.29, 0.717) is 27.3 Å². The van der Waals surface area contributed by atoms with Crippen molar-refractivity contribution < 1.29 is 4.79 Å². The molecule has 1 fully saturated rings. The lowest BCUT2D eigenvalue weighted by atomic mass is 10.2. The monoisotopic (exact) mass is 437 g/mol. The number of anilines is 1. The molecule has 0 bridgehead atoms. The summed E-state index contributed by atoms with van der Waals surface area (Å²) in [4.78, 5) is 16.8. The Bertz CT molecular complexity index is 834. The van der Waals surface area contributed by atoms with E-state index >= 15 is 0 Å². The van der Waals surface area contributed by atoms with Crippen molar-refractivity contribution >= 4 is 52.5 Å². The Morgan fingerprint density at radius 2 is 1.57 bits per heavy atom. The number of halogens is 3. The van der Waals surface area contributed by atoms with Gasteiger partial charge < -0.3 is 5.32 Å². The average molecular weight is 439 g/mol. The molecule has 0 unspecified atom stereocenters. The summed E-state index contributed by atoms with van der Waals surface area (Å²) in [6.45, 7) is 4.79. The second-order valence-electron chi connectivity index (χ2n) is 6.68. The lowest BCUT2D eigenvalue weighted by Crippen LogP contribution is -2.48. The number of carbonyl (C=O) groups is 1. The van der Waals surface area contributed by atoms with E-state index in [9.17, 15) is 4.79 Å². The Balaban J connectivity index is 1.42. The molecule has 1 N–H and O–H groups in total. The summed E-state index contributed by atoms with van der Waals surface area (Å²) in [7, 11) is 0. The van der Waals surface area contributed by atoms with Gasteiger partial charge in [-0.15, -0.1) is 0 Å². The van der Waals surface area contributed by atoms with E-state index in [0.717, 1.165) is 32.7 Å². The van der Waals surface area contributed by atoms with Crippen LogP contribution < -0.4 is 5.32 Å². The topological polar surface area (TPSA) is 35.6 Å². The zero-order valence-electron chi connectivity index (χ0n) is 15.4. The van der Waals surface area contributed by atoms with Gasteiger partial charge in [-0.3, -0.25) is 14.6 Å². The van der Waals surface area contributed by atoms with Gasteiger partial charge >= 0.3 is 0 Å². The second-order valence-corrected chi connectivity index (χ2v) is 7.91. The van der Waals surface area contributed by atoms with Crippen molar-refractivity contribution in [2.75, 3.05) is 44.6 Å². The van der Waals surface area contributed by atoms with Crippen LogP contribution in [0, 0.1) is 0 Å². The number of amides is 1. The zero-order valence-corrected chi connectivity index (χ0v) is 17.6. The lowest BCUT2D eigenvalue weighted by molar-refractivity contribution is -0.117. The van der Waals surface area contributed by atoms with E-state index < -0.39 is 0 Å². The first-order chi connectivity index (χ1) is 13.5. The summed E-state index contributed by atoms with van der Waals surface area (Å²) in [6, 6.07) is 13.4. The molecule has 0 atom stereocenters. The van der Waals surface area contributed by atoms with Crippen LogP contribution in [0.15, 0.2) is 48.5 Å². The van der Waals surface area contributed by atoms with E-state index in [2.05, 4.69) is 39.4 Å². The van der Waals surface area contributed by atoms with Crippen LogP contribution >= 0.6 is 34.8 Å². The van der Waals surface area contributed by atoms with Crippen LogP contribution in [0.3, 0.4) is 0 Å². The van der Waals surface area contributed by atoms with Crippen LogP contribution in [-0.4, -0.2) is 55.0 Å². The minimum absolute atomic E-state index is 0.113. The van der Waals surface area contributed by atoms with Crippen LogP contribution in [0.2, 0.25) is 15.1 Å². The number of hydrogen-bond donors (Lipinski definition) is 1. The third-order valence-corrected chi connectivity index (χ3v) is 5.62. The van der Waals surface area contributed by atoms with Crippen LogP contribution in [0.5, 0.6) is 0 Å². The SMILES string of the molecule is O=C(CN1CCN(CC=Cc2ccccc2)CC1)Nc1cc(Cl)c(Cl)cc1Cl. The maximum absolute atomic E-state index is 12.3. The number of hydrogen-bond acceptors (Lipinski definition) is 3. The van der Waals surface area contributed by atoms with E-state index in [4.69, 9.17) is 34.8 Å². The highest BCUT2D eigenvalue weighted by Crippen LogP contribution is 2.32. The van der Waals surface area contributed by atoms with E-state index in [1.54, 1.807) is 6.07 Å². The first-order valence-electron chi connectivity index (χ1n) is 9.12. The van der Waals surface area contributed by atoms with Gasteiger partial charge in [0.1, 0.15) is 0 Å². The molecule has 1 saturated heterocycles. The van der Waals surface area contributed by atoms with Crippen LogP contribution in [-0.2, 0) is 4.79 Å². The molecule has 1 aliphatic rings. The molecular formula is C21H22Cl3N3O. The van der Waals surface area contributed by atoms with Crippen molar-refractivity contribution in [3.8, 4) is 0 Å². The molecule has 1 heterocycles. The highest BCUT2D eigenvalue weighted by molar-refractivity contribution is 6.44. The molecular weight excluding hydrogens is 417 g/mol. The lowest BCUT2D eigenvalue weighted by Gasteiger charge is -2.33. The summed E-state index contributed by atoms with van der Waals surface area (Å²) in [5.74, 6) is -0.113. The summed E-state index contributed by atoms with van der Waals surface area (Å²) in [5.41, 5.74) is 1.68. The average Bonchev–Trinajstić information content (AvgIpc) is 2.68.